The zero-order valence-electron chi connectivity index (χ0n) is 11.0. The number of aryl methyl sites for hydroxylation is 1. The van der Waals surface area contributed by atoms with Gasteiger partial charge in [-0.25, -0.2) is 4.79 Å². The van der Waals surface area contributed by atoms with Crippen LogP contribution < -0.4 is 0 Å². The summed E-state index contributed by atoms with van der Waals surface area (Å²) in [6.07, 6.45) is 0.763. The average Bonchev–Trinajstić information content (AvgIpc) is 2.49. The molecule has 0 spiro atoms. The van der Waals surface area contributed by atoms with E-state index in [1.165, 1.54) is 7.11 Å². The number of hydrogen-bond acceptors (Lipinski definition) is 4. The summed E-state index contributed by atoms with van der Waals surface area (Å²) in [5, 5.41) is 14.4. The lowest BCUT2D eigenvalue weighted by Gasteiger charge is -2.08. The highest BCUT2D eigenvalue weighted by Gasteiger charge is 2.14. The summed E-state index contributed by atoms with van der Waals surface area (Å²) < 4.78 is 4.53. The number of nitrogens with zero attached hydrogens (tertiary/aromatic N) is 1. The van der Waals surface area contributed by atoms with Crippen molar-refractivity contribution in [3.05, 3.63) is 47.0 Å². The monoisotopic (exact) mass is 291 g/mol. The van der Waals surface area contributed by atoms with Crippen molar-refractivity contribution in [2.75, 3.05) is 7.11 Å². The largest absolute Gasteiger partial charge is 0.464 e. The maximum atomic E-state index is 11.3. The van der Waals surface area contributed by atoms with E-state index in [9.17, 15) is 4.79 Å². The van der Waals surface area contributed by atoms with Gasteiger partial charge in [-0.05, 0) is 17.4 Å². The first-order valence-electron chi connectivity index (χ1n) is 6.12. The fourth-order valence-corrected chi connectivity index (χ4v) is 2.37. The Bertz CT molecular complexity index is 667. The third-order valence-electron chi connectivity index (χ3n) is 3.12. The fourth-order valence-electron chi connectivity index (χ4n) is 2.04. The minimum atomic E-state index is -0.635. The lowest BCUT2D eigenvalue weighted by Crippen LogP contribution is -2.16. The number of esters is 1. The Morgan fingerprint density at radius 2 is 2.05 bits per heavy atom. The van der Waals surface area contributed by atoms with Gasteiger partial charge in [-0.3, -0.25) is 0 Å². The Labute approximate surface area is 121 Å². The van der Waals surface area contributed by atoms with E-state index >= 15 is 0 Å². The summed E-state index contributed by atoms with van der Waals surface area (Å²) in [5.41, 5.74) is 0.882. The predicted octanol–water partition coefficient (Wildman–Crippen LogP) is 3.43. The minimum Gasteiger partial charge on any atom is -0.464 e. The molecule has 0 atom stereocenters. The number of carbonyl (C=O) groups is 1. The molecule has 5 heteroatoms. The number of ether oxygens (including phenoxy) is 1. The van der Waals surface area contributed by atoms with Gasteiger partial charge in [0.2, 0.25) is 0 Å². The number of carbonyl (C=O) groups excluding carboxylic acids is 1. The van der Waals surface area contributed by atoms with Gasteiger partial charge in [0.05, 0.1) is 12.1 Å². The zero-order chi connectivity index (χ0) is 14.5. The predicted molar refractivity (Wildman–Crippen MR) is 78.5 cm³/mol. The van der Waals surface area contributed by atoms with E-state index in [-0.39, 0.29) is 12.1 Å². The second-order valence-electron chi connectivity index (χ2n) is 4.30. The molecule has 0 heterocycles. The lowest BCUT2D eigenvalue weighted by molar-refractivity contribution is -0.133. The van der Waals surface area contributed by atoms with Gasteiger partial charge in [-0.2, -0.15) is 0 Å². The molecule has 2 rings (SSSR count). The smallest absolute Gasteiger partial charge is 0.355 e. The van der Waals surface area contributed by atoms with Crippen LogP contribution in [0, 0.1) is 0 Å². The second kappa shape index (κ2) is 6.39. The summed E-state index contributed by atoms with van der Waals surface area (Å²) in [6.45, 7) is 0. The Balaban J connectivity index is 2.22. The van der Waals surface area contributed by atoms with Gasteiger partial charge >= 0.3 is 5.97 Å². The molecule has 0 aliphatic carbocycles. The van der Waals surface area contributed by atoms with Crippen LogP contribution in [0.25, 0.3) is 10.8 Å². The molecule has 20 heavy (non-hydrogen) atoms. The van der Waals surface area contributed by atoms with Crippen LogP contribution in [-0.4, -0.2) is 24.0 Å². The Hall–Kier alpha value is -2.07. The number of benzene rings is 2. The molecule has 0 aliphatic rings. The van der Waals surface area contributed by atoms with Crippen molar-refractivity contribution in [2.45, 2.75) is 12.8 Å². The molecule has 0 aliphatic heterocycles. The van der Waals surface area contributed by atoms with Gasteiger partial charge in [0, 0.05) is 11.8 Å². The van der Waals surface area contributed by atoms with Crippen LogP contribution in [-0.2, 0) is 16.0 Å². The van der Waals surface area contributed by atoms with Gasteiger partial charge < -0.3 is 9.94 Å². The highest BCUT2D eigenvalue weighted by molar-refractivity contribution is 6.37. The highest BCUT2D eigenvalue weighted by Crippen LogP contribution is 2.28. The van der Waals surface area contributed by atoms with E-state index in [0.717, 1.165) is 16.3 Å². The Morgan fingerprint density at radius 3 is 2.75 bits per heavy atom. The van der Waals surface area contributed by atoms with Crippen LogP contribution >= 0.6 is 11.6 Å². The average molecular weight is 292 g/mol. The molecule has 0 amide bonds. The molecule has 0 radical (unpaired) electrons. The van der Waals surface area contributed by atoms with Crippen molar-refractivity contribution in [1.29, 1.82) is 0 Å². The van der Waals surface area contributed by atoms with Crippen molar-refractivity contribution in [3.8, 4) is 0 Å². The van der Waals surface area contributed by atoms with E-state index in [1.54, 1.807) is 0 Å². The van der Waals surface area contributed by atoms with Crippen LogP contribution in [0.3, 0.4) is 0 Å². The molecule has 4 nitrogen and oxygen atoms in total. The van der Waals surface area contributed by atoms with Crippen molar-refractivity contribution in [1.82, 2.24) is 0 Å². The van der Waals surface area contributed by atoms with Crippen LogP contribution in [0.1, 0.15) is 12.0 Å². The van der Waals surface area contributed by atoms with Gasteiger partial charge in [0.15, 0.2) is 5.71 Å². The molecule has 0 saturated carbocycles. The van der Waals surface area contributed by atoms with E-state index in [4.69, 9.17) is 16.8 Å². The molecule has 0 aromatic heterocycles. The third-order valence-corrected chi connectivity index (χ3v) is 3.56. The molecule has 0 bridgehead atoms. The van der Waals surface area contributed by atoms with E-state index < -0.39 is 5.97 Å². The number of halogens is 1. The first-order valence-corrected chi connectivity index (χ1v) is 6.50. The molecule has 0 saturated heterocycles. The molecule has 1 N–H and O–H groups in total. The summed E-state index contributed by atoms with van der Waals surface area (Å²) in [6, 6.07) is 11.7. The molecular formula is C15H14ClNO3. The van der Waals surface area contributed by atoms with Gasteiger partial charge in [-0.1, -0.05) is 53.2 Å². The highest BCUT2D eigenvalue weighted by atomic mass is 35.5. The number of fused-ring (bicyclic) bond motifs is 1. The molecule has 104 valence electrons. The van der Waals surface area contributed by atoms with Crippen molar-refractivity contribution < 1.29 is 14.7 Å². The van der Waals surface area contributed by atoms with Crippen molar-refractivity contribution >= 4 is 34.1 Å². The van der Waals surface area contributed by atoms with Gasteiger partial charge in [0.1, 0.15) is 0 Å². The topological polar surface area (TPSA) is 58.9 Å². The number of methoxy groups -OCH3 is 1. The van der Waals surface area contributed by atoms with Gasteiger partial charge in [0.25, 0.3) is 0 Å². The van der Waals surface area contributed by atoms with Crippen LogP contribution in [0.5, 0.6) is 0 Å². The van der Waals surface area contributed by atoms with E-state index in [0.29, 0.717) is 11.4 Å². The molecule has 2 aromatic carbocycles. The normalized spacial score (nSPS) is 11.6. The maximum absolute atomic E-state index is 11.3. The van der Waals surface area contributed by atoms with Gasteiger partial charge in [-0.15, -0.1) is 0 Å². The summed E-state index contributed by atoms with van der Waals surface area (Å²) >= 11 is 6.36. The minimum absolute atomic E-state index is 0.0169. The molecule has 2 aromatic rings. The first kappa shape index (κ1) is 14.3. The summed E-state index contributed by atoms with van der Waals surface area (Å²) in [5.74, 6) is -0.635. The lowest BCUT2D eigenvalue weighted by atomic mass is 10.0. The number of oxime groups is 1. The molecule has 0 fully saturated rings. The third kappa shape index (κ3) is 2.91. The Morgan fingerprint density at radius 1 is 1.30 bits per heavy atom. The standard InChI is InChI=1S/C15H14ClNO3/c1-20-15(18)13(17-19)9-8-11-7-6-10-4-2-3-5-12(10)14(11)16/h2-7,19H,8-9H2,1H3/b17-13-. The first-order chi connectivity index (χ1) is 9.67. The fraction of sp³-hybridized carbons (Fsp3) is 0.200. The van der Waals surface area contributed by atoms with Crippen LogP contribution in [0.4, 0.5) is 0 Å². The zero-order valence-corrected chi connectivity index (χ0v) is 11.7. The quantitative estimate of drug-likeness (QED) is 0.406. The van der Waals surface area contributed by atoms with Crippen LogP contribution in [0.2, 0.25) is 5.02 Å². The van der Waals surface area contributed by atoms with Crippen LogP contribution in [0.15, 0.2) is 41.6 Å². The molecule has 0 unspecified atom stereocenters. The summed E-state index contributed by atoms with van der Waals surface area (Å²) in [4.78, 5) is 11.3. The van der Waals surface area contributed by atoms with Crippen molar-refractivity contribution in [2.24, 2.45) is 5.16 Å². The van der Waals surface area contributed by atoms with E-state index in [1.807, 2.05) is 36.4 Å². The second-order valence-corrected chi connectivity index (χ2v) is 4.68. The number of hydrogen-bond donors (Lipinski definition) is 1. The number of rotatable bonds is 4. The molecular weight excluding hydrogens is 278 g/mol. The maximum Gasteiger partial charge on any atom is 0.355 e. The summed E-state index contributed by atoms with van der Waals surface area (Å²) in [7, 11) is 1.25. The Kier molecular flexibility index (Phi) is 4.58. The SMILES string of the molecule is COC(=O)/C(CCc1ccc2ccccc2c1Cl)=N\O. The van der Waals surface area contributed by atoms with Crippen molar-refractivity contribution in [3.63, 3.8) is 0 Å². The van der Waals surface area contributed by atoms with E-state index in [2.05, 4.69) is 9.89 Å².